The number of aryl methyl sites for hydroxylation is 2. The van der Waals surface area contributed by atoms with Gasteiger partial charge in [-0.25, -0.2) is 4.98 Å². The van der Waals surface area contributed by atoms with Crippen LogP contribution in [0.5, 0.6) is 0 Å². The number of benzene rings is 2. The van der Waals surface area contributed by atoms with Gasteiger partial charge in [0, 0.05) is 27.9 Å². The van der Waals surface area contributed by atoms with E-state index in [1.807, 2.05) is 50.2 Å². The zero-order valence-corrected chi connectivity index (χ0v) is 18.4. The topological polar surface area (TPSA) is 71.1 Å². The van der Waals surface area contributed by atoms with Gasteiger partial charge < -0.3 is 10.6 Å². The molecule has 0 bridgehead atoms. The molecule has 2 amide bonds. The van der Waals surface area contributed by atoms with Gasteiger partial charge in [0.15, 0.2) is 5.13 Å². The lowest BCUT2D eigenvalue weighted by Gasteiger charge is -2.11. The van der Waals surface area contributed by atoms with Crippen LogP contribution in [0.1, 0.15) is 24.3 Å². The molecule has 0 aliphatic heterocycles. The quantitative estimate of drug-likeness (QED) is 0.511. The summed E-state index contributed by atoms with van der Waals surface area (Å²) in [5.74, 6) is -0.202. The first kappa shape index (κ1) is 21.1. The van der Waals surface area contributed by atoms with Crippen LogP contribution in [0.25, 0.3) is 11.3 Å². The highest BCUT2D eigenvalue weighted by Crippen LogP contribution is 2.31. The number of nitrogens with one attached hydrogen (secondary N) is 2. The first-order valence-electron chi connectivity index (χ1n) is 9.21. The Morgan fingerprint density at radius 1 is 1.00 bits per heavy atom. The van der Waals surface area contributed by atoms with Crippen LogP contribution in [0.3, 0.4) is 0 Å². The summed E-state index contributed by atoms with van der Waals surface area (Å²) in [5, 5.41) is 5.99. The maximum Gasteiger partial charge on any atom is 0.239 e. The lowest BCUT2D eigenvalue weighted by Crippen LogP contribution is -2.22. The van der Waals surface area contributed by atoms with E-state index in [1.54, 1.807) is 0 Å². The molecule has 7 heteroatoms. The number of amides is 2. The standard InChI is InChI=1S/C22H23N3O2S2/c1-13-5-7-17(8-6-13)20-14(2)29-22(24-20)25-21(27)15(3)28-19-11-9-18(10-12-19)23-16(4)26/h5-12,15H,1-4H3,(H,23,26)(H,24,25,27). The number of nitrogens with zero attached hydrogens (tertiary/aromatic N) is 1. The van der Waals surface area contributed by atoms with Crippen LogP contribution in [0.4, 0.5) is 10.8 Å². The smallest absolute Gasteiger partial charge is 0.239 e. The van der Waals surface area contributed by atoms with Crippen molar-refractivity contribution in [3.63, 3.8) is 0 Å². The van der Waals surface area contributed by atoms with E-state index in [0.29, 0.717) is 5.13 Å². The van der Waals surface area contributed by atoms with Gasteiger partial charge in [0.25, 0.3) is 0 Å². The fourth-order valence-corrected chi connectivity index (χ4v) is 4.42. The zero-order chi connectivity index (χ0) is 21.0. The maximum atomic E-state index is 12.6. The Morgan fingerprint density at radius 2 is 1.66 bits per heavy atom. The van der Waals surface area contributed by atoms with E-state index in [2.05, 4.69) is 34.7 Å². The summed E-state index contributed by atoms with van der Waals surface area (Å²) < 4.78 is 0. The van der Waals surface area contributed by atoms with Crippen LogP contribution < -0.4 is 10.6 Å². The molecular formula is C22H23N3O2S2. The molecular weight excluding hydrogens is 402 g/mol. The number of anilines is 2. The Bertz CT molecular complexity index is 1010. The molecule has 0 spiro atoms. The summed E-state index contributed by atoms with van der Waals surface area (Å²) in [4.78, 5) is 30.3. The molecule has 1 unspecified atom stereocenters. The minimum absolute atomic E-state index is 0.0925. The molecule has 2 N–H and O–H groups in total. The third kappa shape index (κ3) is 5.68. The highest BCUT2D eigenvalue weighted by Gasteiger charge is 2.18. The van der Waals surface area contributed by atoms with Crippen LogP contribution in [-0.2, 0) is 9.59 Å². The zero-order valence-electron chi connectivity index (χ0n) is 16.8. The molecule has 2 aromatic carbocycles. The third-order valence-electron chi connectivity index (χ3n) is 4.21. The average molecular weight is 426 g/mol. The van der Waals surface area contributed by atoms with E-state index >= 15 is 0 Å². The van der Waals surface area contributed by atoms with Crippen LogP contribution >= 0.6 is 23.1 Å². The minimum atomic E-state index is -0.284. The molecule has 0 radical (unpaired) electrons. The van der Waals surface area contributed by atoms with Gasteiger partial charge in [-0.15, -0.1) is 23.1 Å². The van der Waals surface area contributed by atoms with E-state index in [0.717, 1.165) is 26.7 Å². The summed E-state index contributed by atoms with van der Waals surface area (Å²) in [6, 6.07) is 15.6. The van der Waals surface area contributed by atoms with Gasteiger partial charge in [-0.05, 0) is 45.0 Å². The van der Waals surface area contributed by atoms with Crippen molar-refractivity contribution in [2.75, 3.05) is 10.6 Å². The van der Waals surface area contributed by atoms with Gasteiger partial charge in [-0.3, -0.25) is 9.59 Å². The number of thiazole rings is 1. The van der Waals surface area contributed by atoms with Crippen molar-refractivity contribution in [2.24, 2.45) is 0 Å². The number of hydrogen-bond donors (Lipinski definition) is 2. The van der Waals surface area contributed by atoms with Gasteiger partial charge >= 0.3 is 0 Å². The lowest BCUT2D eigenvalue weighted by atomic mass is 10.1. The molecule has 3 rings (SSSR count). The Morgan fingerprint density at radius 3 is 2.28 bits per heavy atom. The molecule has 0 aliphatic rings. The predicted molar refractivity (Wildman–Crippen MR) is 122 cm³/mol. The molecule has 150 valence electrons. The van der Waals surface area contributed by atoms with Crippen LogP contribution in [0.2, 0.25) is 0 Å². The molecule has 3 aromatic rings. The van der Waals surface area contributed by atoms with E-state index < -0.39 is 0 Å². The molecule has 29 heavy (non-hydrogen) atoms. The van der Waals surface area contributed by atoms with E-state index in [1.165, 1.54) is 35.6 Å². The highest BCUT2D eigenvalue weighted by atomic mass is 32.2. The summed E-state index contributed by atoms with van der Waals surface area (Å²) >= 11 is 2.94. The SMILES string of the molecule is CC(=O)Nc1ccc(SC(C)C(=O)Nc2nc(-c3ccc(C)cc3)c(C)s2)cc1. The van der Waals surface area contributed by atoms with Gasteiger partial charge in [-0.2, -0.15) is 0 Å². The predicted octanol–water partition coefficient (Wildman–Crippen LogP) is 5.50. The van der Waals surface area contributed by atoms with E-state index in [4.69, 9.17) is 0 Å². The van der Waals surface area contributed by atoms with Gasteiger partial charge in [0.2, 0.25) is 11.8 Å². The largest absolute Gasteiger partial charge is 0.326 e. The van der Waals surface area contributed by atoms with E-state index in [9.17, 15) is 9.59 Å². The van der Waals surface area contributed by atoms with Crippen LogP contribution in [0, 0.1) is 13.8 Å². The third-order valence-corrected chi connectivity index (χ3v) is 6.21. The molecule has 0 aliphatic carbocycles. The van der Waals surface area contributed by atoms with Crippen molar-refractivity contribution in [1.29, 1.82) is 0 Å². The van der Waals surface area contributed by atoms with Crippen LogP contribution in [0.15, 0.2) is 53.4 Å². The molecule has 1 atom stereocenters. The lowest BCUT2D eigenvalue weighted by molar-refractivity contribution is -0.115. The normalized spacial score (nSPS) is 11.7. The first-order valence-corrected chi connectivity index (χ1v) is 10.9. The van der Waals surface area contributed by atoms with Crippen molar-refractivity contribution in [3.05, 3.63) is 59.0 Å². The monoisotopic (exact) mass is 425 g/mol. The summed E-state index contributed by atoms with van der Waals surface area (Å²) in [6.45, 7) is 7.40. The van der Waals surface area contributed by atoms with E-state index in [-0.39, 0.29) is 17.1 Å². The van der Waals surface area contributed by atoms with Gasteiger partial charge in [-0.1, -0.05) is 29.8 Å². The maximum absolute atomic E-state index is 12.6. The van der Waals surface area contributed by atoms with Crippen molar-refractivity contribution in [3.8, 4) is 11.3 Å². The Hall–Kier alpha value is -2.64. The van der Waals surface area contributed by atoms with Crippen LogP contribution in [-0.4, -0.2) is 22.0 Å². The number of hydrogen-bond acceptors (Lipinski definition) is 5. The first-order chi connectivity index (χ1) is 13.8. The Kier molecular flexibility index (Phi) is 6.71. The fraction of sp³-hybridized carbons (Fsp3) is 0.227. The minimum Gasteiger partial charge on any atom is -0.326 e. The highest BCUT2D eigenvalue weighted by molar-refractivity contribution is 8.00. The number of thioether (sulfide) groups is 1. The number of aromatic nitrogens is 1. The second kappa shape index (κ2) is 9.24. The number of carbonyl (C=O) groups is 2. The van der Waals surface area contributed by atoms with Crippen molar-refractivity contribution in [2.45, 2.75) is 37.8 Å². The van der Waals surface area contributed by atoms with Gasteiger partial charge in [0.1, 0.15) is 0 Å². The Balaban J connectivity index is 1.63. The fourth-order valence-electron chi connectivity index (χ4n) is 2.71. The molecule has 1 heterocycles. The molecule has 0 saturated heterocycles. The van der Waals surface area contributed by atoms with Gasteiger partial charge in [0.05, 0.1) is 10.9 Å². The van der Waals surface area contributed by atoms with Crippen molar-refractivity contribution < 1.29 is 9.59 Å². The molecule has 5 nitrogen and oxygen atoms in total. The number of carbonyl (C=O) groups excluding carboxylic acids is 2. The van der Waals surface area contributed by atoms with Crippen molar-refractivity contribution >= 4 is 45.7 Å². The summed E-state index contributed by atoms with van der Waals surface area (Å²) in [5.41, 5.74) is 3.89. The van der Waals surface area contributed by atoms with Crippen molar-refractivity contribution in [1.82, 2.24) is 4.98 Å². The molecule has 0 saturated carbocycles. The molecule has 0 fully saturated rings. The second-order valence-electron chi connectivity index (χ2n) is 6.74. The molecule has 1 aromatic heterocycles. The average Bonchev–Trinajstić information content (AvgIpc) is 3.03. The Labute approximate surface area is 179 Å². The summed E-state index contributed by atoms with van der Waals surface area (Å²) in [7, 11) is 0. The second-order valence-corrected chi connectivity index (χ2v) is 9.36. The number of rotatable bonds is 6. The summed E-state index contributed by atoms with van der Waals surface area (Å²) in [6.07, 6.45) is 0.